The van der Waals surface area contributed by atoms with Gasteiger partial charge < -0.3 is 9.63 Å². The molecule has 1 N–H and O–H groups in total. The number of hydrogen-bond donors (Lipinski definition) is 1. The molecule has 1 aliphatic carbocycles. The smallest absolute Gasteiger partial charge is 0.307 e. The van der Waals surface area contributed by atoms with Crippen LogP contribution in [0, 0.1) is 11.8 Å². The fraction of sp³-hybridized carbons (Fsp3) is 0.786. The lowest BCUT2D eigenvalue weighted by molar-refractivity contribution is -0.142. The van der Waals surface area contributed by atoms with E-state index in [9.17, 15) is 9.90 Å². The molecule has 5 nitrogen and oxygen atoms in total. The normalized spacial score (nSPS) is 26.0. The summed E-state index contributed by atoms with van der Waals surface area (Å²) in [4.78, 5) is 15.8. The molecule has 0 saturated heterocycles. The van der Waals surface area contributed by atoms with E-state index in [0.29, 0.717) is 17.6 Å². The quantitative estimate of drug-likeness (QED) is 0.778. The highest BCUT2D eigenvalue weighted by molar-refractivity contribution is 7.98. The van der Waals surface area contributed by atoms with Crippen molar-refractivity contribution in [2.75, 3.05) is 5.75 Å². The highest BCUT2D eigenvalue weighted by Crippen LogP contribution is 2.43. The highest BCUT2D eigenvalue weighted by atomic mass is 32.2. The van der Waals surface area contributed by atoms with E-state index in [0.717, 1.165) is 37.2 Å². The van der Waals surface area contributed by atoms with Crippen LogP contribution in [0.5, 0.6) is 0 Å². The average molecular weight is 298 g/mol. The molecule has 1 aromatic heterocycles. The third-order valence-electron chi connectivity index (χ3n) is 3.94. The fourth-order valence-corrected chi connectivity index (χ4v) is 3.54. The van der Waals surface area contributed by atoms with Crippen LogP contribution in [0.25, 0.3) is 0 Å². The van der Waals surface area contributed by atoms with Gasteiger partial charge in [0.25, 0.3) is 0 Å². The fourth-order valence-electron chi connectivity index (χ4n) is 2.81. The molecule has 0 bridgehead atoms. The summed E-state index contributed by atoms with van der Waals surface area (Å²) in [5.74, 6) is 2.22. The van der Waals surface area contributed by atoms with E-state index in [1.165, 1.54) is 0 Å². The molecule has 3 atom stereocenters. The molecule has 1 aromatic rings. The lowest BCUT2D eigenvalue weighted by Crippen LogP contribution is -2.17. The standard InChI is InChI=1S/C14H22N2O3S/c1-3-5-20-8-12-15-13(19-16-12)10-6-9(4-2)7-11(10)14(17)18/h9-11H,3-8H2,1-2H3,(H,17,18). The first-order chi connectivity index (χ1) is 9.65. The molecule has 1 fully saturated rings. The van der Waals surface area contributed by atoms with Crippen LogP contribution >= 0.6 is 11.8 Å². The molecule has 1 heterocycles. The summed E-state index contributed by atoms with van der Waals surface area (Å²) in [5.41, 5.74) is 0. The van der Waals surface area contributed by atoms with Gasteiger partial charge in [0.05, 0.1) is 17.6 Å². The molecule has 0 amide bonds. The van der Waals surface area contributed by atoms with Crippen LogP contribution in [0.3, 0.4) is 0 Å². The number of carboxylic acids is 1. The Bertz CT molecular complexity index is 449. The SMILES string of the molecule is CCCSCc1noc(C2CC(CC)CC2C(=O)O)n1. The summed E-state index contributed by atoms with van der Waals surface area (Å²) >= 11 is 1.77. The number of rotatable bonds is 7. The van der Waals surface area contributed by atoms with Gasteiger partial charge in [-0.3, -0.25) is 4.79 Å². The molecule has 1 saturated carbocycles. The van der Waals surface area contributed by atoms with Gasteiger partial charge in [0.2, 0.25) is 5.89 Å². The Morgan fingerprint density at radius 2 is 2.25 bits per heavy atom. The zero-order valence-corrected chi connectivity index (χ0v) is 12.9. The van der Waals surface area contributed by atoms with Crippen LogP contribution in [0.2, 0.25) is 0 Å². The van der Waals surface area contributed by atoms with E-state index in [1.54, 1.807) is 11.8 Å². The summed E-state index contributed by atoms with van der Waals surface area (Å²) in [6, 6.07) is 0. The minimum Gasteiger partial charge on any atom is -0.481 e. The molecule has 112 valence electrons. The van der Waals surface area contributed by atoms with Gasteiger partial charge in [0.1, 0.15) is 0 Å². The van der Waals surface area contributed by atoms with Gasteiger partial charge in [-0.25, -0.2) is 0 Å². The molecule has 3 unspecified atom stereocenters. The van der Waals surface area contributed by atoms with Gasteiger partial charge in [0, 0.05) is 0 Å². The molecule has 0 aromatic carbocycles. The van der Waals surface area contributed by atoms with Crippen LogP contribution in [0.1, 0.15) is 57.2 Å². The largest absolute Gasteiger partial charge is 0.481 e. The zero-order chi connectivity index (χ0) is 14.5. The first-order valence-corrected chi connectivity index (χ1v) is 8.44. The highest BCUT2D eigenvalue weighted by Gasteiger charge is 2.41. The van der Waals surface area contributed by atoms with E-state index in [4.69, 9.17) is 4.52 Å². The van der Waals surface area contributed by atoms with Crippen LogP contribution in [-0.2, 0) is 10.5 Å². The summed E-state index contributed by atoms with van der Waals surface area (Å²) < 4.78 is 5.31. The molecule has 2 rings (SSSR count). The first kappa shape index (κ1) is 15.4. The summed E-state index contributed by atoms with van der Waals surface area (Å²) in [7, 11) is 0. The van der Waals surface area contributed by atoms with E-state index >= 15 is 0 Å². The topological polar surface area (TPSA) is 76.2 Å². The predicted octanol–water partition coefficient (Wildman–Crippen LogP) is 3.32. The number of nitrogens with zero attached hydrogens (tertiary/aromatic N) is 2. The maximum atomic E-state index is 11.4. The summed E-state index contributed by atoms with van der Waals surface area (Å²) in [5, 5.41) is 13.3. The Balaban J connectivity index is 2.04. The molecule has 20 heavy (non-hydrogen) atoms. The van der Waals surface area contributed by atoms with Gasteiger partial charge in [-0.15, -0.1) is 0 Å². The monoisotopic (exact) mass is 298 g/mol. The number of carboxylic acid groups (broad SMARTS) is 1. The molecular formula is C14H22N2O3S. The van der Waals surface area contributed by atoms with Gasteiger partial charge in [0.15, 0.2) is 5.82 Å². The van der Waals surface area contributed by atoms with Crippen molar-refractivity contribution < 1.29 is 14.4 Å². The number of thioether (sulfide) groups is 1. The van der Waals surface area contributed by atoms with Crippen molar-refractivity contribution in [3.8, 4) is 0 Å². The molecule has 0 radical (unpaired) electrons. The van der Waals surface area contributed by atoms with Gasteiger partial charge in [-0.1, -0.05) is 25.4 Å². The van der Waals surface area contributed by atoms with Crippen LogP contribution in [-0.4, -0.2) is 27.0 Å². The minimum atomic E-state index is -0.744. The Morgan fingerprint density at radius 1 is 1.45 bits per heavy atom. The molecule has 0 aliphatic heterocycles. The number of carbonyl (C=O) groups is 1. The van der Waals surface area contributed by atoms with Crippen molar-refractivity contribution in [2.45, 2.75) is 51.2 Å². The molecule has 0 spiro atoms. The predicted molar refractivity (Wildman–Crippen MR) is 77.6 cm³/mol. The van der Waals surface area contributed by atoms with E-state index in [1.807, 2.05) is 0 Å². The van der Waals surface area contributed by atoms with Crippen molar-refractivity contribution in [3.05, 3.63) is 11.7 Å². The summed E-state index contributed by atoms with van der Waals surface area (Å²) in [6.07, 6.45) is 3.70. The Hall–Kier alpha value is -1.04. The number of hydrogen-bond acceptors (Lipinski definition) is 5. The van der Waals surface area contributed by atoms with Crippen molar-refractivity contribution >= 4 is 17.7 Å². The van der Waals surface area contributed by atoms with Crippen molar-refractivity contribution in [2.24, 2.45) is 11.8 Å². The third kappa shape index (κ3) is 3.53. The zero-order valence-electron chi connectivity index (χ0n) is 12.0. The van der Waals surface area contributed by atoms with Crippen molar-refractivity contribution in [1.29, 1.82) is 0 Å². The second kappa shape index (κ2) is 7.11. The second-order valence-electron chi connectivity index (χ2n) is 5.40. The van der Waals surface area contributed by atoms with E-state index < -0.39 is 5.97 Å². The van der Waals surface area contributed by atoms with Gasteiger partial charge >= 0.3 is 5.97 Å². The van der Waals surface area contributed by atoms with Crippen LogP contribution in [0.15, 0.2) is 4.52 Å². The van der Waals surface area contributed by atoms with Gasteiger partial charge in [-0.2, -0.15) is 16.7 Å². The number of aromatic nitrogens is 2. The van der Waals surface area contributed by atoms with Crippen molar-refractivity contribution in [3.63, 3.8) is 0 Å². The van der Waals surface area contributed by atoms with Crippen LogP contribution < -0.4 is 0 Å². The summed E-state index contributed by atoms with van der Waals surface area (Å²) in [6.45, 7) is 4.24. The molecule has 6 heteroatoms. The molecular weight excluding hydrogens is 276 g/mol. The minimum absolute atomic E-state index is 0.116. The first-order valence-electron chi connectivity index (χ1n) is 7.28. The van der Waals surface area contributed by atoms with E-state index in [2.05, 4.69) is 24.0 Å². The Morgan fingerprint density at radius 3 is 2.90 bits per heavy atom. The second-order valence-corrected chi connectivity index (χ2v) is 6.50. The average Bonchev–Trinajstić information content (AvgIpc) is 3.04. The maximum Gasteiger partial charge on any atom is 0.307 e. The van der Waals surface area contributed by atoms with E-state index in [-0.39, 0.29) is 11.8 Å². The third-order valence-corrected chi connectivity index (χ3v) is 5.09. The Kier molecular flexibility index (Phi) is 5.46. The molecule has 1 aliphatic rings. The maximum absolute atomic E-state index is 11.4. The lowest BCUT2D eigenvalue weighted by Gasteiger charge is -2.09. The lowest BCUT2D eigenvalue weighted by atomic mass is 9.96. The van der Waals surface area contributed by atoms with Crippen molar-refractivity contribution in [1.82, 2.24) is 10.1 Å². The number of aliphatic carboxylic acids is 1. The Labute approximate surface area is 123 Å². The van der Waals surface area contributed by atoms with Gasteiger partial charge in [-0.05, 0) is 30.9 Å². The van der Waals surface area contributed by atoms with Crippen LogP contribution in [0.4, 0.5) is 0 Å².